The Labute approximate surface area is 111 Å². The van der Waals surface area contributed by atoms with Crippen LogP contribution < -0.4 is 5.32 Å². The second-order valence-corrected chi connectivity index (χ2v) is 7.07. The normalized spacial score (nSPS) is 21.1. The molecule has 108 valence electrons. The summed E-state index contributed by atoms with van der Waals surface area (Å²) in [5.74, 6) is 0.0751. The van der Waals surface area contributed by atoms with Crippen molar-refractivity contribution in [3.05, 3.63) is 0 Å². The summed E-state index contributed by atoms with van der Waals surface area (Å²) >= 11 is 0. The van der Waals surface area contributed by atoms with Crippen LogP contribution in [-0.2, 0) is 14.8 Å². The van der Waals surface area contributed by atoms with Gasteiger partial charge in [0.2, 0.25) is 10.0 Å². The van der Waals surface area contributed by atoms with Gasteiger partial charge in [-0.1, -0.05) is 6.92 Å². The zero-order chi connectivity index (χ0) is 13.6. The summed E-state index contributed by atoms with van der Waals surface area (Å²) in [7, 11) is -3.19. The third-order valence-corrected chi connectivity index (χ3v) is 5.00. The number of nitrogens with one attached hydrogen (secondary N) is 1. The first-order chi connectivity index (χ1) is 8.45. The van der Waals surface area contributed by atoms with E-state index in [4.69, 9.17) is 4.74 Å². The predicted molar refractivity (Wildman–Crippen MR) is 73.1 cm³/mol. The van der Waals surface area contributed by atoms with E-state index in [1.807, 2.05) is 20.8 Å². The van der Waals surface area contributed by atoms with Crippen molar-refractivity contribution in [2.75, 3.05) is 32.0 Å². The van der Waals surface area contributed by atoms with Crippen molar-refractivity contribution >= 4 is 10.0 Å². The lowest BCUT2D eigenvalue weighted by molar-refractivity contribution is 0.0906. The number of likely N-dealkylation sites (N-methyl/N-ethyl adjacent to an activating group) is 1. The average Bonchev–Trinajstić information content (AvgIpc) is 2.77. The van der Waals surface area contributed by atoms with E-state index in [1.165, 1.54) is 0 Å². The first kappa shape index (κ1) is 15.9. The van der Waals surface area contributed by atoms with Crippen LogP contribution in [0.4, 0.5) is 0 Å². The lowest BCUT2D eigenvalue weighted by Crippen LogP contribution is -2.42. The lowest BCUT2D eigenvalue weighted by atomic mass is 10.2. The van der Waals surface area contributed by atoms with Crippen molar-refractivity contribution < 1.29 is 13.2 Å². The van der Waals surface area contributed by atoms with Gasteiger partial charge in [0, 0.05) is 19.1 Å². The Balaban J connectivity index is 2.45. The first-order valence-corrected chi connectivity index (χ1v) is 8.39. The van der Waals surface area contributed by atoms with E-state index in [1.54, 1.807) is 4.31 Å². The van der Waals surface area contributed by atoms with Gasteiger partial charge in [-0.05, 0) is 33.2 Å². The number of nitrogens with zero attached hydrogens (tertiary/aromatic N) is 1. The van der Waals surface area contributed by atoms with Crippen molar-refractivity contribution in [3.8, 4) is 0 Å². The summed E-state index contributed by atoms with van der Waals surface area (Å²) in [5.41, 5.74) is 0. The van der Waals surface area contributed by atoms with Gasteiger partial charge < -0.3 is 10.1 Å². The van der Waals surface area contributed by atoms with Crippen molar-refractivity contribution in [2.45, 2.75) is 45.8 Å². The summed E-state index contributed by atoms with van der Waals surface area (Å²) < 4.78 is 31.2. The molecule has 0 aromatic heterocycles. The van der Waals surface area contributed by atoms with E-state index in [-0.39, 0.29) is 18.5 Å². The molecule has 1 heterocycles. The Bertz CT molecular complexity index is 324. The quantitative estimate of drug-likeness (QED) is 0.714. The van der Waals surface area contributed by atoms with Crippen LogP contribution >= 0.6 is 0 Å². The summed E-state index contributed by atoms with van der Waals surface area (Å²) in [4.78, 5) is 0. The van der Waals surface area contributed by atoms with Crippen LogP contribution in [0.2, 0.25) is 0 Å². The number of ether oxygens (including phenoxy) is 1. The molecule has 1 unspecified atom stereocenters. The molecule has 6 heteroatoms. The zero-order valence-corrected chi connectivity index (χ0v) is 12.5. The molecule has 1 aliphatic heterocycles. The molecule has 1 saturated heterocycles. The molecule has 1 N–H and O–H groups in total. The smallest absolute Gasteiger partial charge is 0.216 e. The summed E-state index contributed by atoms with van der Waals surface area (Å²) in [5, 5.41) is 3.33. The van der Waals surface area contributed by atoms with Gasteiger partial charge in [-0.3, -0.25) is 0 Å². The van der Waals surface area contributed by atoms with Gasteiger partial charge in [0.25, 0.3) is 0 Å². The summed E-state index contributed by atoms with van der Waals surface area (Å²) in [6.07, 6.45) is 2.28. The number of sulfonamides is 1. The molecule has 0 saturated carbocycles. The van der Waals surface area contributed by atoms with Crippen LogP contribution in [-0.4, -0.2) is 56.9 Å². The SMILES string of the molecule is CCN(CC1CCCN1)S(=O)(=O)CCOC(C)C. The molecular weight excluding hydrogens is 252 g/mol. The predicted octanol–water partition coefficient (Wildman–Crippen LogP) is 0.815. The van der Waals surface area contributed by atoms with E-state index in [0.29, 0.717) is 19.1 Å². The third-order valence-electron chi connectivity index (χ3n) is 3.12. The number of rotatable bonds is 8. The largest absolute Gasteiger partial charge is 0.378 e. The van der Waals surface area contributed by atoms with Crippen molar-refractivity contribution in [2.24, 2.45) is 0 Å². The summed E-state index contributed by atoms with van der Waals surface area (Å²) in [6.45, 7) is 8.09. The maximum atomic E-state index is 12.1. The molecule has 18 heavy (non-hydrogen) atoms. The molecule has 0 amide bonds. The van der Waals surface area contributed by atoms with Crippen molar-refractivity contribution in [1.29, 1.82) is 0 Å². The second-order valence-electron chi connectivity index (χ2n) is 4.98. The highest BCUT2D eigenvalue weighted by molar-refractivity contribution is 7.89. The molecule has 0 bridgehead atoms. The van der Waals surface area contributed by atoms with Crippen LogP contribution in [0.25, 0.3) is 0 Å². The zero-order valence-electron chi connectivity index (χ0n) is 11.7. The van der Waals surface area contributed by atoms with Gasteiger partial charge in [-0.25, -0.2) is 12.7 Å². The monoisotopic (exact) mass is 278 g/mol. The van der Waals surface area contributed by atoms with Gasteiger partial charge in [-0.2, -0.15) is 0 Å². The van der Waals surface area contributed by atoms with Crippen LogP contribution in [0.1, 0.15) is 33.6 Å². The molecule has 1 rings (SSSR count). The van der Waals surface area contributed by atoms with Gasteiger partial charge in [-0.15, -0.1) is 0 Å². The Kier molecular flexibility index (Phi) is 6.55. The topological polar surface area (TPSA) is 58.6 Å². The molecule has 0 radical (unpaired) electrons. The standard InChI is InChI=1S/C12H26N2O3S/c1-4-14(10-12-6-5-7-13-12)18(15,16)9-8-17-11(2)3/h11-13H,4-10H2,1-3H3. The lowest BCUT2D eigenvalue weighted by Gasteiger charge is -2.24. The van der Waals surface area contributed by atoms with Crippen molar-refractivity contribution in [3.63, 3.8) is 0 Å². The summed E-state index contributed by atoms with van der Waals surface area (Å²) in [6, 6.07) is 0.311. The molecule has 0 aliphatic carbocycles. The van der Waals surface area contributed by atoms with Crippen LogP contribution in [0, 0.1) is 0 Å². The molecular formula is C12H26N2O3S. The highest BCUT2D eigenvalue weighted by Gasteiger charge is 2.25. The molecule has 0 aromatic rings. The Morgan fingerprint density at radius 3 is 2.67 bits per heavy atom. The van der Waals surface area contributed by atoms with E-state index in [0.717, 1.165) is 19.4 Å². The molecule has 0 aromatic carbocycles. The average molecular weight is 278 g/mol. The van der Waals surface area contributed by atoms with Crippen LogP contribution in [0.15, 0.2) is 0 Å². The maximum Gasteiger partial charge on any atom is 0.216 e. The first-order valence-electron chi connectivity index (χ1n) is 6.78. The second kappa shape index (κ2) is 7.43. The van der Waals surface area contributed by atoms with Crippen molar-refractivity contribution in [1.82, 2.24) is 9.62 Å². The van der Waals surface area contributed by atoms with Crippen LogP contribution in [0.5, 0.6) is 0 Å². The fraction of sp³-hybridized carbons (Fsp3) is 1.00. The van der Waals surface area contributed by atoms with E-state index < -0.39 is 10.0 Å². The van der Waals surface area contributed by atoms with E-state index >= 15 is 0 Å². The molecule has 5 nitrogen and oxygen atoms in total. The highest BCUT2D eigenvalue weighted by Crippen LogP contribution is 2.10. The number of hydrogen-bond donors (Lipinski definition) is 1. The minimum absolute atomic E-state index is 0.0751. The maximum absolute atomic E-state index is 12.1. The molecule has 1 aliphatic rings. The van der Waals surface area contributed by atoms with Gasteiger partial charge >= 0.3 is 0 Å². The Hall–Kier alpha value is -0.170. The highest BCUT2D eigenvalue weighted by atomic mass is 32.2. The van der Waals surface area contributed by atoms with Gasteiger partial charge in [0.05, 0.1) is 18.5 Å². The molecule has 1 fully saturated rings. The van der Waals surface area contributed by atoms with Gasteiger partial charge in [0.15, 0.2) is 0 Å². The fourth-order valence-corrected chi connectivity index (χ4v) is 3.48. The van der Waals surface area contributed by atoms with Gasteiger partial charge in [0.1, 0.15) is 0 Å². The Morgan fingerprint density at radius 1 is 1.44 bits per heavy atom. The minimum Gasteiger partial charge on any atom is -0.378 e. The Morgan fingerprint density at radius 2 is 2.17 bits per heavy atom. The fourth-order valence-electron chi connectivity index (χ4n) is 2.12. The number of hydrogen-bond acceptors (Lipinski definition) is 4. The molecule has 0 spiro atoms. The minimum atomic E-state index is -3.19. The van der Waals surface area contributed by atoms with Crippen LogP contribution in [0.3, 0.4) is 0 Å². The van der Waals surface area contributed by atoms with E-state index in [2.05, 4.69) is 5.32 Å². The van der Waals surface area contributed by atoms with E-state index in [9.17, 15) is 8.42 Å². The molecule has 1 atom stereocenters. The third kappa shape index (κ3) is 5.22.